The summed E-state index contributed by atoms with van der Waals surface area (Å²) < 4.78 is 6.98. The van der Waals surface area contributed by atoms with E-state index in [1.54, 1.807) is 18.4 Å². The normalized spacial score (nSPS) is 14.4. The fraction of sp³-hybridized carbons (Fsp3) is 0.462. The predicted molar refractivity (Wildman–Crippen MR) is 142 cm³/mol. The highest BCUT2D eigenvalue weighted by molar-refractivity contribution is 7.15. The van der Waals surface area contributed by atoms with Gasteiger partial charge in [0.25, 0.3) is 0 Å². The van der Waals surface area contributed by atoms with E-state index in [-0.39, 0.29) is 18.1 Å². The molecule has 34 heavy (non-hydrogen) atoms. The SMILES string of the molecule is CC.COC(C)(C)C.Cc1sc2c(c1C)C(c1ccc(Cl)cc1)=NC(CC=O)c1nnc(C)n1-2. The molecule has 2 aromatic heterocycles. The topological polar surface area (TPSA) is 69.4 Å². The monoisotopic (exact) mass is 502 g/mol. The Balaban J connectivity index is 0.000000447. The molecule has 1 unspecified atom stereocenters. The number of halogens is 1. The van der Waals surface area contributed by atoms with E-state index in [4.69, 9.17) is 21.3 Å². The van der Waals surface area contributed by atoms with Crippen molar-refractivity contribution in [1.29, 1.82) is 0 Å². The van der Waals surface area contributed by atoms with Crippen molar-refractivity contribution in [3.63, 3.8) is 0 Å². The minimum absolute atomic E-state index is 0.0417. The van der Waals surface area contributed by atoms with Gasteiger partial charge in [-0.2, -0.15) is 0 Å². The number of aliphatic imine (C=N–C) groups is 1. The second-order valence-electron chi connectivity index (χ2n) is 8.62. The average molecular weight is 503 g/mol. The molecule has 1 atom stereocenters. The number of ether oxygens (including phenoxy) is 1. The second kappa shape index (κ2) is 11.9. The zero-order chi connectivity index (χ0) is 25.6. The number of methoxy groups -OCH3 is 1. The molecule has 1 aliphatic rings. The molecule has 0 aliphatic carbocycles. The lowest BCUT2D eigenvalue weighted by atomic mass is 10.00. The summed E-state index contributed by atoms with van der Waals surface area (Å²) in [6.45, 7) is 16.2. The number of rotatable bonds is 3. The van der Waals surface area contributed by atoms with E-state index in [1.165, 1.54) is 10.4 Å². The molecule has 0 bridgehead atoms. The maximum absolute atomic E-state index is 11.3. The number of aromatic nitrogens is 3. The van der Waals surface area contributed by atoms with Crippen LogP contribution in [0.2, 0.25) is 5.02 Å². The van der Waals surface area contributed by atoms with Crippen LogP contribution in [0.4, 0.5) is 0 Å². The molecule has 0 fully saturated rings. The van der Waals surface area contributed by atoms with Crippen LogP contribution in [0, 0.1) is 20.8 Å². The number of carbonyl (C=O) groups excluding carboxylic acids is 1. The van der Waals surface area contributed by atoms with Gasteiger partial charge in [-0.15, -0.1) is 21.5 Å². The molecule has 0 spiro atoms. The first-order chi connectivity index (χ1) is 16.1. The number of carbonyl (C=O) groups is 1. The quantitative estimate of drug-likeness (QED) is 0.367. The van der Waals surface area contributed by atoms with E-state index in [9.17, 15) is 4.79 Å². The van der Waals surface area contributed by atoms with Crippen molar-refractivity contribution in [2.45, 2.75) is 73.5 Å². The number of aryl methyl sites for hydroxylation is 2. The van der Waals surface area contributed by atoms with Crippen LogP contribution in [0.15, 0.2) is 29.3 Å². The molecule has 0 radical (unpaired) electrons. The third-order valence-electron chi connectivity index (χ3n) is 5.29. The van der Waals surface area contributed by atoms with Crippen LogP contribution in [-0.2, 0) is 9.53 Å². The lowest BCUT2D eigenvalue weighted by Crippen LogP contribution is -2.15. The molecule has 0 saturated heterocycles. The van der Waals surface area contributed by atoms with Gasteiger partial charge < -0.3 is 9.53 Å². The Kier molecular flexibility index (Phi) is 9.74. The lowest BCUT2D eigenvalue weighted by molar-refractivity contribution is -0.108. The Labute approximate surface area is 212 Å². The average Bonchev–Trinajstić information content (AvgIpc) is 3.28. The van der Waals surface area contributed by atoms with Crippen LogP contribution in [0.3, 0.4) is 0 Å². The number of hydrogen-bond donors (Lipinski definition) is 0. The largest absolute Gasteiger partial charge is 0.379 e. The lowest BCUT2D eigenvalue weighted by Gasteiger charge is -2.14. The molecule has 3 heterocycles. The van der Waals surface area contributed by atoms with E-state index >= 15 is 0 Å². The molecule has 6 nitrogen and oxygen atoms in total. The van der Waals surface area contributed by atoms with Gasteiger partial charge in [-0.3, -0.25) is 9.56 Å². The minimum atomic E-state index is -0.362. The zero-order valence-corrected chi connectivity index (χ0v) is 23.1. The van der Waals surface area contributed by atoms with Crippen molar-refractivity contribution in [2.24, 2.45) is 4.99 Å². The van der Waals surface area contributed by atoms with Gasteiger partial charge in [-0.25, -0.2) is 0 Å². The van der Waals surface area contributed by atoms with E-state index in [0.717, 1.165) is 34.0 Å². The number of aldehydes is 1. The molecule has 0 N–H and O–H groups in total. The van der Waals surface area contributed by atoms with E-state index in [2.05, 4.69) is 24.0 Å². The summed E-state index contributed by atoms with van der Waals surface area (Å²) in [4.78, 5) is 17.5. The van der Waals surface area contributed by atoms with Crippen molar-refractivity contribution >= 4 is 34.9 Å². The molecule has 3 aromatic rings. The van der Waals surface area contributed by atoms with Gasteiger partial charge in [0.2, 0.25) is 0 Å². The first kappa shape index (κ1) is 27.9. The second-order valence-corrected chi connectivity index (χ2v) is 10.3. The van der Waals surface area contributed by atoms with Crippen molar-refractivity contribution in [3.05, 3.63) is 62.5 Å². The van der Waals surface area contributed by atoms with Gasteiger partial charge >= 0.3 is 0 Å². The van der Waals surface area contributed by atoms with Crippen LogP contribution < -0.4 is 0 Å². The van der Waals surface area contributed by atoms with Crippen molar-refractivity contribution in [1.82, 2.24) is 14.8 Å². The summed E-state index contributed by atoms with van der Waals surface area (Å²) in [7, 11) is 1.71. The van der Waals surface area contributed by atoms with E-state index in [1.807, 2.05) is 70.4 Å². The third kappa shape index (κ3) is 6.20. The van der Waals surface area contributed by atoms with Gasteiger partial charge in [0.1, 0.15) is 23.2 Å². The van der Waals surface area contributed by atoms with E-state index in [0.29, 0.717) is 10.8 Å². The molecule has 0 amide bonds. The highest BCUT2D eigenvalue weighted by atomic mass is 35.5. The maximum atomic E-state index is 11.3. The van der Waals surface area contributed by atoms with Gasteiger partial charge in [0, 0.05) is 34.6 Å². The number of hydrogen-bond acceptors (Lipinski definition) is 6. The van der Waals surface area contributed by atoms with Crippen LogP contribution >= 0.6 is 22.9 Å². The molecular weight excluding hydrogens is 468 g/mol. The van der Waals surface area contributed by atoms with Gasteiger partial charge in [0.05, 0.1) is 11.3 Å². The van der Waals surface area contributed by atoms with Crippen molar-refractivity contribution in [3.8, 4) is 5.00 Å². The van der Waals surface area contributed by atoms with Crippen LogP contribution in [-0.4, -0.2) is 39.5 Å². The summed E-state index contributed by atoms with van der Waals surface area (Å²) in [6.07, 6.45) is 1.15. The van der Waals surface area contributed by atoms with Crippen LogP contribution in [0.1, 0.15) is 80.3 Å². The maximum Gasteiger partial charge on any atom is 0.163 e. The molecule has 1 aliphatic heterocycles. The molecule has 1 aromatic carbocycles. The number of nitrogens with zero attached hydrogens (tertiary/aromatic N) is 4. The molecular formula is C26H35ClN4O2S. The molecule has 4 rings (SSSR count). The molecule has 8 heteroatoms. The summed E-state index contributed by atoms with van der Waals surface area (Å²) >= 11 is 7.77. The van der Waals surface area contributed by atoms with Crippen molar-refractivity contribution < 1.29 is 9.53 Å². The minimum Gasteiger partial charge on any atom is -0.379 e. The highest BCUT2D eigenvalue weighted by Gasteiger charge is 2.31. The number of thiophene rings is 1. The van der Waals surface area contributed by atoms with Crippen molar-refractivity contribution in [2.75, 3.05) is 7.11 Å². The molecule has 0 saturated carbocycles. The number of benzene rings is 1. The predicted octanol–water partition coefficient (Wildman–Crippen LogP) is 6.85. The fourth-order valence-electron chi connectivity index (χ4n) is 3.24. The summed E-state index contributed by atoms with van der Waals surface area (Å²) in [5.41, 5.74) is 4.15. The molecule has 184 valence electrons. The summed E-state index contributed by atoms with van der Waals surface area (Å²) in [5, 5.41) is 10.3. The fourth-order valence-corrected chi connectivity index (χ4v) is 4.58. The highest BCUT2D eigenvalue weighted by Crippen LogP contribution is 2.39. The first-order valence-electron chi connectivity index (χ1n) is 11.4. The van der Waals surface area contributed by atoms with Crippen LogP contribution in [0.25, 0.3) is 5.00 Å². The Morgan fingerprint density at radius 1 is 1.12 bits per heavy atom. The van der Waals surface area contributed by atoms with Gasteiger partial charge in [0.15, 0.2) is 5.82 Å². The summed E-state index contributed by atoms with van der Waals surface area (Å²) in [6, 6.07) is 7.29. The first-order valence-corrected chi connectivity index (χ1v) is 12.6. The third-order valence-corrected chi connectivity index (χ3v) is 6.73. The standard InChI is InChI=1S/C19H17ClN4OS.C5H12O.C2H6/c1-10-11(2)26-19-16(10)17(13-4-6-14(20)7-5-13)21-15(8-9-25)18-23-22-12(3)24(18)19;1-5(2,3)6-4;1-2/h4-7,9,15H,8H2,1-3H3;1-4H3;1-2H3. The Morgan fingerprint density at radius 2 is 1.71 bits per heavy atom. The Bertz CT molecular complexity index is 1140. The zero-order valence-electron chi connectivity index (χ0n) is 21.6. The van der Waals surface area contributed by atoms with Crippen LogP contribution in [0.5, 0.6) is 0 Å². The smallest absolute Gasteiger partial charge is 0.163 e. The van der Waals surface area contributed by atoms with Gasteiger partial charge in [-0.05, 0) is 59.2 Å². The van der Waals surface area contributed by atoms with Gasteiger partial charge in [-0.1, -0.05) is 37.6 Å². The Morgan fingerprint density at radius 3 is 2.24 bits per heavy atom. The number of fused-ring (bicyclic) bond motifs is 3. The summed E-state index contributed by atoms with van der Waals surface area (Å²) in [5.74, 6) is 1.51. The van der Waals surface area contributed by atoms with E-state index < -0.39 is 0 Å². The Hall–Kier alpha value is -2.35.